The van der Waals surface area contributed by atoms with Gasteiger partial charge in [0.1, 0.15) is 5.82 Å². The molecule has 0 bridgehead atoms. The Kier molecular flexibility index (Phi) is 5.04. The largest absolute Gasteiger partial charge is 0.264 e. The van der Waals surface area contributed by atoms with Gasteiger partial charge in [0.05, 0.1) is 22.0 Å². The van der Waals surface area contributed by atoms with Crippen LogP contribution in [0.2, 0.25) is 0 Å². The maximum absolute atomic E-state index is 13.2. The topological polar surface area (TPSA) is 42.5 Å². The predicted octanol–water partition coefficient (Wildman–Crippen LogP) is 5.32. The Hall–Kier alpha value is -2.90. The maximum atomic E-state index is 13.2. The summed E-state index contributed by atoms with van der Waals surface area (Å²) in [7, 11) is 0. The SMILES string of the molecule is CC(=Nn1c(-c2cccs2)csc1=Nc1ccc(F)cc1)c1cccnc1. The first-order valence-corrected chi connectivity index (χ1v) is 9.97. The van der Waals surface area contributed by atoms with E-state index in [0.29, 0.717) is 10.5 Å². The molecule has 0 radical (unpaired) electrons. The minimum absolute atomic E-state index is 0.280. The molecule has 4 aromatic rings. The van der Waals surface area contributed by atoms with Gasteiger partial charge in [-0.05, 0) is 48.7 Å². The highest BCUT2D eigenvalue weighted by Gasteiger charge is 2.10. The van der Waals surface area contributed by atoms with E-state index >= 15 is 0 Å². The lowest BCUT2D eigenvalue weighted by Gasteiger charge is -2.04. The van der Waals surface area contributed by atoms with Crippen LogP contribution in [0.3, 0.4) is 0 Å². The Balaban J connectivity index is 1.87. The van der Waals surface area contributed by atoms with Crippen LogP contribution in [0.4, 0.5) is 10.1 Å². The third kappa shape index (κ3) is 3.94. The lowest BCUT2D eigenvalue weighted by molar-refractivity contribution is 0.628. The number of aromatic nitrogens is 2. The van der Waals surface area contributed by atoms with E-state index in [-0.39, 0.29) is 5.82 Å². The van der Waals surface area contributed by atoms with E-state index < -0.39 is 0 Å². The number of benzene rings is 1. The van der Waals surface area contributed by atoms with Crippen molar-refractivity contribution in [1.82, 2.24) is 9.66 Å². The summed E-state index contributed by atoms with van der Waals surface area (Å²) < 4.78 is 15.0. The van der Waals surface area contributed by atoms with Crippen molar-refractivity contribution >= 4 is 34.1 Å². The Morgan fingerprint density at radius 2 is 1.93 bits per heavy atom. The van der Waals surface area contributed by atoms with Crippen LogP contribution < -0.4 is 4.80 Å². The van der Waals surface area contributed by atoms with Crippen molar-refractivity contribution in [2.45, 2.75) is 6.92 Å². The quantitative estimate of drug-likeness (QED) is 0.432. The van der Waals surface area contributed by atoms with Crippen molar-refractivity contribution in [1.29, 1.82) is 0 Å². The van der Waals surface area contributed by atoms with Gasteiger partial charge in [-0.2, -0.15) is 5.10 Å². The molecule has 7 heteroatoms. The van der Waals surface area contributed by atoms with E-state index in [1.165, 1.54) is 23.5 Å². The normalized spacial score (nSPS) is 12.5. The van der Waals surface area contributed by atoms with Gasteiger partial charge in [-0.1, -0.05) is 12.1 Å². The summed E-state index contributed by atoms with van der Waals surface area (Å²) in [6, 6.07) is 14.0. The summed E-state index contributed by atoms with van der Waals surface area (Å²) in [6.07, 6.45) is 3.52. The molecular formula is C20H15FN4S2. The number of hydrogen-bond donors (Lipinski definition) is 0. The molecule has 0 saturated heterocycles. The minimum atomic E-state index is -0.280. The molecule has 134 valence electrons. The van der Waals surface area contributed by atoms with Gasteiger partial charge in [-0.15, -0.1) is 22.7 Å². The molecule has 0 spiro atoms. The molecule has 0 unspecified atom stereocenters. The van der Waals surface area contributed by atoms with Crippen molar-refractivity contribution in [3.05, 3.63) is 87.9 Å². The van der Waals surface area contributed by atoms with Crippen LogP contribution in [-0.2, 0) is 0 Å². The number of nitrogens with zero attached hydrogens (tertiary/aromatic N) is 4. The highest BCUT2D eigenvalue weighted by Crippen LogP contribution is 2.25. The molecule has 0 atom stereocenters. The van der Waals surface area contributed by atoms with E-state index in [2.05, 4.69) is 16.0 Å². The smallest absolute Gasteiger partial charge is 0.211 e. The Bertz CT molecular complexity index is 1120. The Morgan fingerprint density at radius 3 is 2.63 bits per heavy atom. The average molecular weight is 395 g/mol. The van der Waals surface area contributed by atoms with Crippen LogP contribution in [0.25, 0.3) is 10.6 Å². The summed E-state index contributed by atoms with van der Waals surface area (Å²) in [5.74, 6) is -0.280. The molecule has 0 N–H and O–H groups in total. The van der Waals surface area contributed by atoms with Crippen LogP contribution in [0.1, 0.15) is 12.5 Å². The second kappa shape index (κ2) is 7.77. The van der Waals surface area contributed by atoms with Gasteiger partial charge in [-0.3, -0.25) is 4.98 Å². The van der Waals surface area contributed by atoms with Crippen LogP contribution in [0.15, 0.2) is 81.8 Å². The third-order valence-electron chi connectivity index (χ3n) is 3.84. The molecule has 27 heavy (non-hydrogen) atoms. The first-order valence-electron chi connectivity index (χ1n) is 8.21. The van der Waals surface area contributed by atoms with E-state index in [0.717, 1.165) is 21.8 Å². The zero-order valence-corrected chi connectivity index (χ0v) is 16.0. The van der Waals surface area contributed by atoms with Crippen molar-refractivity contribution in [3.63, 3.8) is 0 Å². The summed E-state index contributed by atoms with van der Waals surface area (Å²) in [5, 5.41) is 8.87. The maximum Gasteiger partial charge on any atom is 0.211 e. The standard InChI is InChI=1S/C20H15FN4S2/c1-14(15-4-2-10-22-12-15)24-25-18(19-5-3-11-26-19)13-27-20(25)23-17-8-6-16(21)7-9-17/h2-13H,1H3. The summed E-state index contributed by atoms with van der Waals surface area (Å²) >= 11 is 3.14. The molecule has 0 amide bonds. The molecule has 3 heterocycles. The summed E-state index contributed by atoms with van der Waals surface area (Å²) in [4.78, 5) is 10.6. The van der Waals surface area contributed by atoms with E-state index in [1.54, 1.807) is 35.9 Å². The highest BCUT2D eigenvalue weighted by molar-refractivity contribution is 7.14. The van der Waals surface area contributed by atoms with Crippen LogP contribution in [0.5, 0.6) is 0 Å². The number of pyridine rings is 1. The van der Waals surface area contributed by atoms with Gasteiger partial charge < -0.3 is 0 Å². The monoisotopic (exact) mass is 394 g/mol. The summed E-state index contributed by atoms with van der Waals surface area (Å²) in [5.41, 5.74) is 3.43. The van der Waals surface area contributed by atoms with Crippen LogP contribution in [-0.4, -0.2) is 15.4 Å². The fourth-order valence-corrected chi connectivity index (χ4v) is 4.12. The number of hydrogen-bond acceptors (Lipinski definition) is 5. The van der Waals surface area contributed by atoms with E-state index in [9.17, 15) is 4.39 Å². The first-order chi connectivity index (χ1) is 13.2. The summed E-state index contributed by atoms with van der Waals surface area (Å²) in [6.45, 7) is 1.95. The number of thiazole rings is 1. The second-order valence-corrected chi connectivity index (χ2v) is 7.49. The molecule has 0 saturated carbocycles. The van der Waals surface area contributed by atoms with Crippen molar-refractivity contribution < 1.29 is 4.39 Å². The van der Waals surface area contributed by atoms with Gasteiger partial charge in [-0.25, -0.2) is 14.1 Å². The van der Waals surface area contributed by atoms with E-state index in [1.807, 2.05) is 40.6 Å². The lowest BCUT2D eigenvalue weighted by Crippen LogP contribution is -2.13. The van der Waals surface area contributed by atoms with Gasteiger partial charge >= 0.3 is 0 Å². The Morgan fingerprint density at radius 1 is 1.07 bits per heavy atom. The highest BCUT2D eigenvalue weighted by atomic mass is 32.1. The van der Waals surface area contributed by atoms with Gasteiger partial charge in [0.2, 0.25) is 4.80 Å². The van der Waals surface area contributed by atoms with Crippen LogP contribution >= 0.6 is 22.7 Å². The Labute approximate surface area is 163 Å². The van der Waals surface area contributed by atoms with Crippen molar-refractivity contribution in [2.75, 3.05) is 0 Å². The third-order valence-corrected chi connectivity index (χ3v) is 5.55. The fraction of sp³-hybridized carbons (Fsp3) is 0.0500. The molecule has 3 aromatic heterocycles. The van der Waals surface area contributed by atoms with Gasteiger partial charge in [0.15, 0.2) is 0 Å². The zero-order valence-electron chi connectivity index (χ0n) is 14.4. The van der Waals surface area contributed by atoms with Gasteiger partial charge in [0.25, 0.3) is 0 Å². The molecule has 4 nitrogen and oxygen atoms in total. The molecule has 0 aliphatic rings. The van der Waals surface area contributed by atoms with E-state index in [4.69, 9.17) is 5.10 Å². The number of rotatable bonds is 4. The lowest BCUT2D eigenvalue weighted by atomic mass is 10.2. The number of halogens is 1. The molecule has 0 fully saturated rings. The fourth-order valence-electron chi connectivity index (χ4n) is 2.48. The molecule has 4 rings (SSSR count). The average Bonchev–Trinajstić information content (AvgIpc) is 3.35. The number of thiophene rings is 1. The molecule has 0 aliphatic heterocycles. The van der Waals surface area contributed by atoms with Gasteiger partial charge in [0, 0.05) is 23.3 Å². The molecule has 1 aromatic carbocycles. The minimum Gasteiger partial charge on any atom is -0.264 e. The first kappa shape index (κ1) is 17.5. The molecule has 0 aliphatic carbocycles. The second-order valence-electron chi connectivity index (χ2n) is 5.71. The zero-order chi connectivity index (χ0) is 18.6. The van der Waals surface area contributed by atoms with Crippen molar-refractivity contribution in [2.24, 2.45) is 10.1 Å². The van der Waals surface area contributed by atoms with Crippen molar-refractivity contribution in [3.8, 4) is 10.6 Å². The molecular weight excluding hydrogens is 379 g/mol. The predicted molar refractivity (Wildman–Crippen MR) is 109 cm³/mol. The van der Waals surface area contributed by atoms with Crippen LogP contribution in [0, 0.1) is 5.82 Å².